The number of hydrogen-bond donors (Lipinski definition) is 3. The molecule has 0 radical (unpaired) electrons. The van der Waals surface area contributed by atoms with Crippen LogP contribution in [0.25, 0.3) is 5.52 Å². The van der Waals surface area contributed by atoms with Crippen molar-refractivity contribution in [3.8, 4) is 0 Å². The predicted molar refractivity (Wildman–Crippen MR) is 69.5 cm³/mol. The van der Waals surface area contributed by atoms with Crippen LogP contribution in [0.3, 0.4) is 0 Å². The number of nitrogens with one attached hydrogen (secondary N) is 1. The molecule has 0 fully saturated rings. The van der Waals surface area contributed by atoms with Crippen LogP contribution in [0.4, 0.5) is 10.6 Å². The molecule has 0 saturated heterocycles. The van der Waals surface area contributed by atoms with E-state index in [1.807, 2.05) is 6.92 Å². The SMILES string of the molecule is CC(CNC(=O)O)c1nc(Br)c2c(N)nccn12. The van der Waals surface area contributed by atoms with Crippen LogP contribution in [0.1, 0.15) is 18.7 Å². The fourth-order valence-electron chi connectivity index (χ4n) is 1.72. The van der Waals surface area contributed by atoms with Crippen LogP contribution in [-0.2, 0) is 0 Å². The van der Waals surface area contributed by atoms with Crippen molar-refractivity contribution in [1.82, 2.24) is 19.7 Å². The van der Waals surface area contributed by atoms with Crippen LogP contribution < -0.4 is 11.1 Å². The van der Waals surface area contributed by atoms with Gasteiger partial charge in [-0.05, 0) is 15.9 Å². The molecule has 0 bridgehead atoms. The third-order valence-electron chi connectivity index (χ3n) is 2.57. The van der Waals surface area contributed by atoms with Crippen molar-refractivity contribution in [2.75, 3.05) is 12.3 Å². The zero-order valence-corrected chi connectivity index (χ0v) is 11.2. The minimum atomic E-state index is -1.05. The van der Waals surface area contributed by atoms with Gasteiger partial charge in [-0.2, -0.15) is 0 Å². The van der Waals surface area contributed by atoms with Crippen molar-refractivity contribution in [1.29, 1.82) is 0 Å². The van der Waals surface area contributed by atoms with Crippen LogP contribution in [-0.4, -0.2) is 32.1 Å². The van der Waals surface area contributed by atoms with E-state index >= 15 is 0 Å². The van der Waals surface area contributed by atoms with Gasteiger partial charge >= 0.3 is 6.09 Å². The van der Waals surface area contributed by atoms with Crippen molar-refractivity contribution in [3.05, 3.63) is 22.8 Å². The van der Waals surface area contributed by atoms with Gasteiger partial charge in [0.25, 0.3) is 0 Å². The van der Waals surface area contributed by atoms with Crippen molar-refractivity contribution in [2.24, 2.45) is 0 Å². The summed E-state index contributed by atoms with van der Waals surface area (Å²) in [4.78, 5) is 18.8. The Bertz CT molecular complexity index is 597. The second-order valence-electron chi connectivity index (χ2n) is 3.88. The quantitative estimate of drug-likeness (QED) is 0.795. The molecule has 0 spiro atoms. The molecular weight excluding hydrogens is 302 g/mol. The monoisotopic (exact) mass is 313 g/mol. The van der Waals surface area contributed by atoms with Gasteiger partial charge in [0.1, 0.15) is 15.9 Å². The lowest BCUT2D eigenvalue weighted by molar-refractivity contribution is 0.194. The number of nitrogens with two attached hydrogens (primary N) is 1. The zero-order chi connectivity index (χ0) is 13.3. The van der Waals surface area contributed by atoms with Gasteiger partial charge in [0.2, 0.25) is 0 Å². The summed E-state index contributed by atoms with van der Waals surface area (Å²) in [5.41, 5.74) is 6.47. The summed E-state index contributed by atoms with van der Waals surface area (Å²) in [6.07, 6.45) is 2.27. The molecule has 1 atom stereocenters. The van der Waals surface area contributed by atoms with Gasteiger partial charge in [0, 0.05) is 24.9 Å². The fraction of sp³-hybridized carbons (Fsp3) is 0.300. The van der Waals surface area contributed by atoms with Crippen LogP contribution in [0.2, 0.25) is 0 Å². The number of carbonyl (C=O) groups is 1. The minimum absolute atomic E-state index is 0.0818. The Morgan fingerprint density at radius 2 is 2.44 bits per heavy atom. The molecule has 2 aromatic rings. The Labute approximate surface area is 111 Å². The maximum atomic E-state index is 10.5. The number of fused-ring (bicyclic) bond motifs is 1. The largest absolute Gasteiger partial charge is 0.465 e. The van der Waals surface area contributed by atoms with Crippen LogP contribution in [0, 0.1) is 0 Å². The molecular formula is C10H12BrN5O2. The molecule has 0 aliphatic heterocycles. The van der Waals surface area contributed by atoms with Gasteiger partial charge < -0.3 is 16.2 Å². The van der Waals surface area contributed by atoms with Gasteiger partial charge in [-0.25, -0.2) is 14.8 Å². The maximum Gasteiger partial charge on any atom is 0.404 e. The normalized spacial score (nSPS) is 12.6. The number of nitrogens with zero attached hydrogens (tertiary/aromatic N) is 3. The number of halogens is 1. The molecule has 7 nitrogen and oxygen atoms in total. The minimum Gasteiger partial charge on any atom is -0.465 e. The second-order valence-corrected chi connectivity index (χ2v) is 4.63. The van der Waals surface area contributed by atoms with Crippen molar-refractivity contribution in [3.63, 3.8) is 0 Å². The first kappa shape index (κ1) is 12.6. The van der Waals surface area contributed by atoms with Crippen LogP contribution in [0.5, 0.6) is 0 Å². The van der Waals surface area contributed by atoms with Crippen LogP contribution in [0.15, 0.2) is 17.0 Å². The average molecular weight is 314 g/mol. The topological polar surface area (TPSA) is 106 Å². The van der Waals surface area contributed by atoms with Gasteiger partial charge in [-0.15, -0.1) is 0 Å². The van der Waals surface area contributed by atoms with Crippen molar-refractivity contribution < 1.29 is 9.90 Å². The first-order valence-electron chi connectivity index (χ1n) is 5.25. The molecule has 0 aliphatic rings. The molecule has 18 heavy (non-hydrogen) atoms. The smallest absolute Gasteiger partial charge is 0.404 e. The van der Waals surface area contributed by atoms with E-state index in [1.54, 1.807) is 16.8 Å². The van der Waals surface area contributed by atoms with E-state index in [9.17, 15) is 4.79 Å². The lowest BCUT2D eigenvalue weighted by Gasteiger charge is -2.10. The van der Waals surface area contributed by atoms with Gasteiger partial charge in [0.05, 0.1) is 0 Å². The number of rotatable bonds is 3. The van der Waals surface area contributed by atoms with Gasteiger partial charge in [-0.1, -0.05) is 6.92 Å². The highest BCUT2D eigenvalue weighted by atomic mass is 79.9. The van der Waals surface area contributed by atoms with Crippen molar-refractivity contribution >= 4 is 33.4 Å². The lowest BCUT2D eigenvalue weighted by atomic mass is 10.1. The Morgan fingerprint density at radius 3 is 3.11 bits per heavy atom. The molecule has 2 aromatic heterocycles. The molecule has 8 heteroatoms. The first-order valence-corrected chi connectivity index (χ1v) is 6.04. The molecule has 1 unspecified atom stereocenters. The zero-order valence-electron chi connectivity index (χ0n) is 9.59. The van der Waals surface area contributed by atoms with E-state index in [0.717, 1.165) is 5.82 Å². The Kier molecular flexibility index (Phi) is 3.37. The Balaban J connectivity index is 2.39. The van der Waals surface area contributed by atoms with E-state index in [1.165, 1.54) is 0 Å². The second kappa shape index (κ2) is 4.81. The summed E-state index contributed by atoms with van der Waals surface area (Å²) in [7, 11) is 0. The number of hydrogen-bond acceptors (Lipinski definition) is 4. The molecule has 96 valence electrons. The number of carboxylic acid groups (broad SMARTS) is 1. The summed E-state index contributed by atoms with van der Waals surface area (Å²) in [6.45, 7) is 2.16. The van der Waals surface area contributed by atoms with E-state index in [0.29, 0.717) is 15.9 Å². The number of amides is 1. The van der Waals surface area contributed by atoms with E-state index in [4.69, 9.17) is 10.8 Å². The summed E-state index contributed by atoms with van der Waals surface area (Å²) in [5.74, 6) is 1.02. The summed E-state index contributed by atoms with van der Waals surface area (Å²) < 4.78 is 2.41. The summed E-state index contributed by atoms with van der Waals surface area (Å²) in [5, 5.41) is 10.9. The van der Waals surface area contributed by atoms with E-state index in [-0.39, 0.29) is 12.5 Å². The molecule has 2 rings (SSSR count). The maximum absolute atomic E-state index is 10.5. The fourth-order valence-corrected chi connectivity index (χ4v) is 2.30. The predicted octanol–water partition coefficient (Wildman–Crippen LogP) is 1.45. The van der Waals surface area contributed by atoms with Gasteiger partial charge in [-0.3, -0.25) is 4.40 Å². The number of imidazole rings is 1. The molecule has 0 aromatic carbocycles. The molecule has 1 amide bonds. The highest BCUT2D eigenvalue weighted by Crippen LogP contribution is 2.26. The Morgan fingerprint density at radius 1 is 1.72 bits per heavy atom. The third kappa shape index (κ3) is 2.23. The van der Waals surface area contributed by atoms with E-state index < -0.39 is 6.09 Å². The Hall–Kier alpha value is -1.83. The van der Waals surface area contributed by atoms with Crippen LogP contribution >= 0.6 is 15.9 Å². The summed E-state index contributed by atoms with van der Waals surface area (Å²) in [6, 6.07) is 0. The molecule has 0 aliphatic carbocycles. The average Bonchev–Trinajstić information content (AvgIpc) is 2.65. The molecule has 4 N–H and O–H groups in total. The van der Waals surface area contributed by atoms with Gasteiger partial charge in [0.15, 0.2) is 5.82 Å². The molecule has 0 saturated carbocycles. The highest BCUT2D eigenvalue weighted by molar-refractivity contribution is 9.10. The number of anilines is 1. The number of nitrogen functional groups attached to an aromatic ring is 1. The standard InChI is InChI=1S/C10H12BrN5O2/c1-5(4-14-10(17)18)9-15-7(11)6-8(12)13-2-3-16(6)9/h2-3,5,14H,4H2,1H3,(H2,12,13)(H,17,18). The lowest BCUT2D eigenvalue weighted by Crippen LogP contribution is -2.26. The highest BCUT2D eigenvalue weighted by Gasteiger charge is 2.17. The van der Waals surface area contributed by atoms with Crippen molar-refractivity contribution in [2.45, 2.75) is 12.8 Å². The molecule has 2 heterocycles. The number of aromatic nitrogens is 3. The summed E-state index contributed by atoms with van der Waals surface area (Å²) >= 11 is 3.33. The third-order valence-corrected chi connectivity index (χ3v) is 3.12. The van der Waals surface area contributed by atoms with E-state index in [2.05, 4.69) is 31.2 Å². The first-order chi connectivity index (χ1) is 8.50.